The Morgan fingerprint density at radius 3 is 2.75 bits per heavy atom. The third kappa shape index (κ3) is 4.99. The number of nitriles is 1. The van der Waals surface area contributed by atoms with Crippen LogP contribution >= 0.6 is 11.3 Å². The summed E-state index contributed by atoms with van der Waals surface area (Å²) < 4.78 is 0. The number of hydrogen-bond donors (Lipinski definition) is 3. The van der Waals surface area contributed by atoms with E-state index < -0.39 is 12.0 Å². The first-order valence-corrected chi connectivity index (χ1v) is 7.05. The quantitative estimate of drug-likeness (QED) is 0.710. The topological polar surface area (TPSA) is 102 Å². The molecule has 0 saturated heterocycles. The third-order valence-electron chi connectivity index (χ3n) is 2.55. The first-order valence-electron chi connectivity index (χ1n) is 6.17. The molecule has 1 atom stereocenters. The van der Waals surface area contributed by atoms with Crippen molar-refractivity contribution >= 4 is 28.2 Å². The molecule has 1 aromatic rings. The minimum absolute atomic E-state index is 0.105. The van der Waals surface area contributed by atoms with Gasteiger partial charge in [0, 0.05) is 0 Å². The van der Waals surface area contributed by atoms with Crippen LogP contribution in [0.3, 0.4) is 0 Å². The summed E-state index contributed by atoms with van der Waals surface area (Å²) in [4.78, 5) is 22.8. The van der Waals surface area contributed by atoms with Gasteiger partial charge in [-0.15, -0.1) is 11.3 Å². The van der Waals surface area contributed by atoms with Crippen molar-refractivity contribution in [1.29, 1.82) is 5.26 Å². The molecule has 0 saturated carbocycles. The standard InChI is InChI=1S/C13H17N3O3S/c1-8(2)5-10(13(18)19)15-7-11(17)16-12-9(6-14)3-4-20-12/h3-4,8,10,15H,5,7H2,1-2H3,(H,16,17)(H,18,19). The molecule has 0 aromatic carbocycles. The van der Waals surface area contributed by atoms with Crippen LogP contribution < -0.4 is 10.6 Å². The zero-order chi connectivity index (χ0) is 15.1. The Morgan fingerprint density at radius 1 is 1.50 bits per heavy atom. The average Bonchev–Trinajstić information content (AvgIpc) is 2.80. The van der Waals surface area contributed by atoms with E-state index in [4.69, 9.17) is 10.4 Å². The van der Waals surface area contributed by atoms with Gasteiger partial charge in [0.15, 0.2) is 0 Å². The maximum atomic E-state index is 11.7. The van der Waals surface area contributed by atoms with Gasteiger partial charge in [0.1, 0.15) is 17.1 Å². The fraction of sp³-hybridized carbons (Fsp3) is 0.462. The van der Waals surface area contributed by atoms with Crippen LogP contribution in [0.1, 0.15) is 25.8 Å². The van der Waals surface area contributed by atoms with Gasteiger partial charge < -0.3 is 10.4 Å². The molecule has 1 rings (SSSR count). The molecular weight excluding hydrogens is 278 g/mol. The lowest BCUT2D eigenvalue weighted by molar-refractivity contribution is -0.139. The normalized spacial score (nSPS) is 11.9. The summed E-state index contributed by atoms with van der Waals surface area (Å²) in [5, 5.41) is 25.4. The number of hydrogen-bond acceptors (Lipinski definition) is 5. The Bertz CT molecular complexity index is 519. The number of carboxylic acids is 1. The molecule has 6 nitrogen and oxygen atoms in total. The highest BCUT2D eigenvalue weighted by Crippen LogP contribution is 2.21. The maximum absolute atomic E-state index is 11.7. The van der Waals surface area contributed by atoms with Gasteiger partial charge in [-0.3, -0.25) is 14.9 Å². The van der Waals surface area contributed by atoms with Gasteiger partial charge >= 0.3 is 5.97 Å². The molecule has 1 heterocycles. The highest BCUT2D eigenvalue weighted by Gasteiger charge is 2.19. The fourth-order valence-electron chi connectivity index (χ4n) is 1.62. The second kappa shape index (κ2) is 7.62. The summed E-state index contributed by atoms with van der Waals surface area (Å²) in [6, 6.07) is 2.84. The van der Waals surface area contributed by atoms with Crippen LogP contribution in [-0.4, -0.2) is 29.6 Å². The van der Waals surface area contributed by atoms with Crippen LogP contribution in [0.15, 0.2) is 11.4 Å². The molecule has 108 valence electrons. The van der Waals surface area contributed by atoms with E-state index in [1.54, 1.807) is 11.4 Å². The molecule has 1 unspecified atom stereocenters. The van der Waals surface area contributed by atoms with Gasteiger partial charge in [-0.25, -0.2) is 0 Å². The van der Waals surface area contributed by atoms with E-state index in [0.29, 0.717) is 17.0 Å². The van der Waals surface area contributed by atoms with Gasteiger partial charge in [0.05, 0.1) is 12.1 Å². The van der Waals surface area contributed by atoms with Crippen LogP contribution in [0.4, 0.5) is 5.00 Å². The van der Waals surface area contributed by atoms with Gasteiger partial charge in [-0.1, -0.05) is 13.8 Å². The van der Waals surface area contributed by atoms with Crippen LogP contribution in [0.25, 0.3) is 0 Å². The lowest BCUT2D eigenvalue weighted by Gasteiger charge is -2.16. The number of anilines is 1. The van der Waals surface area contributed by atoms with Crippen molar-refractivity contribution in [1.82, 2.24) is 5.32 Å². The number of amides is 1. The number of carboxylic acid groups (broad SMARTS) is 1. The van der Waals surface area contributed by atoms with Crippen molar-refractivity contribution in [2.75, 3.05) is 11.9 Å². The summed E-state index contributed by atoms with van der Waals surface area (Å²) in [5.74, 6) is -1.12. The largest absolute Gasteiger partial charge is 0.480 e. The van der Waals surface area contributed by atoms with Gasteiger partial charge in [-0.2, -0.15) is 5.26 Å². The predicted octanol–water partition coefficient (Wildman–Crippen LogP) is 1.65. The predicted molar refractivity (Wildman–Crippen MR) is 76.5 cm³/mol. The van der Waals surface area contributed by atoms with E-state index in [-0.39, 0.29) is 18.4 Å². The summed E-state index contributed by atoms with van der Waals surface area (Å²) in [6.45, 7) is 3.73. The summed E-state index contributed by atoms with van der Waals surface area (Å²) in [6.07, 6.45) is 0.449. The number of thiophene rings is 1. The first kappa shape index (κ1) is 16.1. The summed E-state index contributed by atoms with van der Waals surface area (Å²) >= 11 is 1.26. The number of nitrogens with one attached hydrogen (secondary N) is 2. The van der Waals surface area contributed by atoms with Crippen molar-refractivity contribution in [2.24, 2.45) is 5.92 Å². The molecule has 0 aliphatic heterocycles. The van der Waals surface area contributed by atoms with Crippen LogP contribution in [0, 0.1) is 17.2 Å². The number of aliphatic carboxylic acids is 1. The van der Waals surface area contributed by atoms with Crippen LogP contribution in [-0.2, 0) is 9.59 Å². The van der Waals surface area contributed by atoms with Gasteiger partial charge in [0.25, 0.3) is 0 Å². The minimum atomic E-state index is -0.972. The molecular formula is C13H17N3O3S. The van der Waals surface area contributed by atoms with E-state index in [1.807, 2.05) is 19.9 Å². The minimum Gasteiger partial charge on any atom is -0.480 e. The molecule has 1 amide bonds. The zero-order valence-electron chi connectivity index (χ0n) is 11.3. The molecule has 3 N–H and O–H groups in total. The van der Waals surface area contributed by atoms with Gasteiger partial charge in [-0.05, 0) is 23.8 Å². The van der Waals surface area contributed by atoms with E-state index >= 15 is 0 Å². The average molecular weight is 295 g/mol. The Hall–Kier alpha value is -1.91. The molecule has 0 radical (unpaired) electrons. The molecule has 7 heteroatoms. The highest BCUT2D eigenvalue weighted by atomic mass is 32.1. The third-order valence-corrected chi connectivity index (χ3v) is 3.38. The van der Waals surface area contributed by atoms with Crippen LogP contribution in [0.5, 0.6) is 0 Å². The van der Waals surface area contributed by atoms with E-state index in [0.717, 1.165) is 0 Å². The molecule has 1 aromatic heterocycles. The monoisotopic (exact) mass is 295 g/mol. The van der Waals surface area contributed by atoms with Crippen molar-refractivity contribution in [2.45, 2.75) is 26.3 Å². The van der Waals surface area contributed by atoms with Crippen molar-refractivity contribution in [3.63, 3.8) is 0 Å². The van der Waals surface area contributed by atoms with E-state index in [2.05, 4.69) is 10.6 Å². The molecule has 0 aliphatic rings. The van der Waals surface area contributed by atoms with Crippen molar-refractivity contribution < 1.29 is 14.7 Å². The summed E-state index contributed by atoms with van der Waals surface area (Å²) in [7, 11) is 0. The van der Waals surface area contributed by atoms with E-state index in [1.165, 1.54) is 11.3 Å². The van der Waals surface area contributed by atoms with Crippen molar-refractivity contribution in [3.8, 4) is 6.07 Å². The maximum Gasteiger partial charge on any atom is 0.320 e. The van der Waals surface area contributed by atoms with Gasteiger partial charge in [0.2, 0.25) is 5.91 Å². The molecule has 20 heavy (non-hydrogen) atoms. The van der Waals surface area contributed by atoms with Crippen LogP contribution in [0.2, 0.25) is 0 Å². The zero-order valence-corrected chi connectivity index (χ0v) is 12.2. The molecule has 0 spiro atoms. The summed E-state index contributed by atoms with van der Waals surface area (Å²) in [5.41, 5.74) is 0.403. The second-order valence-electron chi connectivity index (χ2n) is 4.72. The lowest BCUT2D eigenvalue weighted by atomic mass is 10.0. The Kier molecular flexibility index (Phi) is 6.15. The lowest BCUT2D eigenvalue weighted by Crippen LogP contribution is -2.42. The Labute approximate surface area is 121 Å². The molecule has 0 bridgehead atoms. The highest BCUT2D eigenvalue weighted by molar-refractivity contribution is 7.14. The molecule has 0 aliphatic carbocycles. The Balaban J connectivity index is 2.50. The fourth-order valence-corrected chi connectivity index (χ4v) is 2.38. The smallest absolute Gasteiger partial charge is 0.320 e. The van der Waals surface area contributed by atoms with E-state index in [9.17, 15) is 9.59 Å². The molecule has 0 fully saturated rings. The Morgan fingerprint density at radius 2 is 2.20 bits per heavy atom. The first-order chi connectivity index (χ1) is 9.43. The van der Waals surface area contributed by atoms with Crippen molar-refractivity contribution in [3.05, 3.63) is 17.0 Å². The number of carbonyl (C=O) groups excluding carboxylic acids is 1. The number of rotatable bonds is 7. The number of nitrogens with zero attached hydrogens (tertiary/aromatic N) is 1. The second-order valence-corrected chi connectivity index (χ2v) is 5.64. The number of carbonyl (C=O) groups is 2. The SMILES string of the molecule is CC(C)CC(NCC(=O)Nc1sccc1C#N)C(=O)O.